The van der Waals surface area contributed by atoms with Crippen LogP contribution >= 0.6 is 0 Å². The minimum Gasteiger partial charge on any atom is -0.309 e. The summed E-state index contributed by atoms with van der Waals surface area (Å²) in [5.41, 5.74) is 8.09. The van der Waals surface area contributed by atoms with Gasteiger partial charge in [0.25, 0.3) is 0 Å². The molecule has 0 saturated heterocycles. The number of pyridine rings is 1. The molecule has 0 bridgehead atoms. The van der Waals surface area contributed by atoms with E-state index in [0.717, 1.165) is 28.2 Å². The van der Waals surface area contributed by atoms with Crippen molar-refractivity contribution in [2.24, 2.45) is 0 Å². The number of anilines is 3. The van der Waals surface area contributed by atoms with Crippen molar-refractivity contribution in [2.75, 3.05) is 4.90 Å². The Labute approximate surface area is 176 Å². The lowest BCUT2D eigenvalue weighted by Crippen LogP contribution is -2.30. The van der Waals surface area contributed by atoms with E-state index in [1.54, 1.807) is 6.20 Å². The van der Waals surface area contributed by atoms with Crippen molar-refractivity contribution in [3.05, 3.63) is 108 Å². The number of hydrogen-bond acceptors (Lipinski definition) is 3. The van der Waals surface area contributed by atoms with Crippen molar-refractivity contribution in [1.29, 1.82) is 5.26 Å². The van der Waals surface area contributed by atoms with Gasteiger partial charge in [-0.2, -0.15) is 5.26 Å². The molecule has 2 heterocycles. The number of nitrogens with zero attached hydrogens (tertiary/aromatic N) is 3. The Morgan fingerprint density at radius 1 is 0.700 bits per heavy atom. The summed E-state index contributed by atoms with van der Waals surface area (Å²) in [6.45, 7) is 4.56. The zero-order valence-electron chi connectivity index (χ0n) is 17.0. The third-order valence-corrected chi connectivity index (χ3v) is 5.99. The molecule has 30 heavy (non-hydrogen) atoms. The SMILES string of the molecule is CC1(C)c2ccccc2N(c2ccccc2-c2cccnc2C#N)c2ccccc21. The van der Waals surface area contributed by atoms with E-state index in [0.29, 0.717) is 5.69 Å². The van der Waals surface area contributed by atoms with Crippen LogP contribution in [0.25, 0.3) is 11.1 Å². The molecule has 0 radical (unpaired) electrons. The molecule has 144 valence electrons. The van der Waals surface area contributed by atoms with Gasteiger partial charge in [0, 0.05) is 22.7 Å². The fourth-order valence-electron chi connectivity index (χ4n) is 4.54. The van der Waals surface area contributed by atoms with Crippen LogP contribution in [0, 0.1) is 11.3 Å². The number of rotatable bonds is 2. The highest BCUT2D eigenvalue weighted by molar-refractivity contribution is 5.93. The van der Waals surface area contributed by atoms with Gasteiger partial charge in [-0.3, -0.25) is 0 Å². The molecule has 0 aliphatic carbocycles. The summed E-state index contributed by atoms with van der Waals surface area (Å²) in [4.78, 5) is 6.61. The summed E-state index contributed by atoms with van der Waals surface area (Å²) in [7, 11) is 0. The summed E-state index contributed by atoms with van der Waals surface area (Å²) in [5.74, 6) is 0. The van der Waals surface area contributed by atoms with Crippen LogP contribution in [-0.4, -0.2) is 4.98 Å². The third-order valence-electron chi connectivity index (χ3n) is 5.99. The Balaban J connectivity index is 1.83. The highest BCUT2D eigenvalue weighted by Gasteiger charge is 2.37. The molecule has 0 atom stereocenters. The van der Waals surface area contributed by atoms with Crippen molar-refractivity contribution in [1.82, 2.24) is 4.98 Å². The molecule has 0 fully saturated rings. The van der Waals surface area contributed by atoms with Gasteiger partial charge in [-0.15, -0.1) is 0 Å². The molecule has 0 spiro atoms. The Kier molecular flexibility index (Phi) is 4.15. The molecule has 3 aromatic carbocycles. The summed E-state index contributed by atoms with van der Waals surface area (Å²) in [6, 6.07) is 31.5. The highest BCUT2D eigenvalue weighted by atomic mass is 15.2. The molecule has 0 amide bonds. The average molecular weight is 387 g/mol. The van der Waals surface area contributed by atoms with Gasteiger partial charge in [0.05, 0.1) is 17.1 Å². The minimum atomic E-state index is -0.106. The van der Waals surface area contributed by atoms with E-state index < -0.39 is 0 Å². The molecule has 3 nitrogen and oxygen atoms in total. The number of hydrogen-bond donors (Lipinski definition) is 0. The van der Waals surface area contributed by atoms with E-state index in [9.17, 15) is 5.26 Å². The van der Waals surface area contributed by atoms with Crippen LogP contribution in [0.3, 0.4) is 0 Å². The van der Waals surface area contributed by atoms with E-state index in [4.69, 9.17) is 0 Å². The van der Waals surface area contributed by atoms with Crippen LogP contribution in [0.4, 0.5) is 17.1 Å². The average Bonchev–Trinajstić information content (AvgIpc) is 2.80. The highest BCUT2D eigenvalue weighted by Crippen LogP contribution is 2.53. The fraction of sp³-hybridized carbons (Fsp3) is 0.111. The van der Waals surface area contributed by atoms with Gasteiger partial charge < -0.3 is 4.90 Å². The maximum absolute atomic E-state index is 9.64. The molecule has 0 saturated carbocycles. The molecule has 0 N–H and O–H groups in total. The number of benzene rings is 3. The van der Waals surface area contributed by atoms with E-state index in [1.165, 1.54) is 11.1 Å². The van der Waals surface area contributed by atoms with E-state index in [1.807, 2.05) is 24.3 Å². The van der Waals surface area contributed by atoms with E-state index in [2.05, 4.69) is 90.5 Å². The van der Waals surface area contributed by atoms with Crippen LogP contribution in [0.5, 0.6) is 0 Å². The first kappa shape index (κ1) is 18.1. The lowest BCUT2D eigenvalue weighted by atomic mass is 9.73. The van der Waals surface area contributed by atoms with Gasteiger partial charge in [-0.1, -0.05) is 68.4 Å². The lowest BCUT2D eigenvalue weighted by molar-refractivity contribution is 0.632. The molecule has 3 heteroatoms. The number of nitriles is 1. The molecular formula is C27H21N3. The van der Waals surface area contributed by atoms with Gasteiger partial charge in [0.15, 0.2) is 0 Å². The largest absolute Gasteiger partial charge is 0.309 e. The van der Waals surface area contributed by atoms with E-state index in [-0.39, 0.29) is 5.41 Å². The Hall–Kier alpha value is -3.90. The van der Waals surface area contributed by atoms with Crippen LogP contribution < -0.4 is 4.90 Å². The first-order valence-corrected chi connectivity index (χ1v) is 10.1. The Morgan fingerprint density at radius 3 is 1.87 bits per heavy atom. The van der Waals surface area contributed by atoms with Crippen LogP contribution in [-0.2, 0) is 5.41 Å². The maximum Gasteiger partial charge on any atom is 0.148 e. The van der Waals surface area contributed by atoms with Crippen LogP contribution in [0.2, 0.25) is 0 Å². The van der Waals surface area contributed by atoms with Crippen molar-refractivity contribution in [3.63, 3.8) is 0 Å². The predicted molar refractivity (Wildman–Crippen MR) is 121 cm³/mol. The van der Waals surface area contributed by atoms with Gasteiger partial charge >= 0.3 is 0 Å². The first-order valence-electron chi connectivity index (χ1n) is 10.1. The second kappa shape index (κ2) is 6.86. The molecule has 0 unspecified atom stereocenters. The molecular weight excluding hydrogens is 366 g/mol. The summed E-state index contributed by atoms with van der Waals surface area (Å²) >= 11 is 0. The molecule has 1 aliphatic heterocycles. The molecule has 1 aliphatic rings. The quantitative estimate of drug-likeness (QED) is 0.383. The number of aromatic nitrogens is 1. The number of fused-ring (bicyclic) bond motifs is 2. The molecule has 4 aromatic rings. The third kappa shape index (κ3) is 2.62. The fourth-order valence-corrected chi connectivity index (χ4v) is 4.54. The van der Waals surface area contributed by atoms with Crippen molar-refractivity contribution < 1.29 is 0 Å². The monoisotopic (exact) mass is 387 g/mol. The van der Waals surface area contributed by atoms with Gasteiger partial charge in [-0.25, -0.2) is 4.98 Å². The number of para-hydroxylation sites is 3. The topological polar surface area (TPSA) is 39.9 Å². The van der Waals surface area contributed by atoms with Crippen molar-refractivity contribution in [2.45, 2.75) is 19.3 Å². The Morgan fingerprint density at radius 2 is 1.23 bits per heavy atom. The van der Waals surface area contributed by atoms with Gasteiger partial charge in [0.1, 0.15) is 11.8 Å². The standard InChI is InChI=1S/C27H21N3/c1-27(2)21-12-4-7-15-25(21)30(26-16-8-5-13-22(26)27)24-14-6-3-10-20(24)19-11-9-17-29-23(19)18-28/h3-17H,1-2H3. The van der Waals surface area contributed by atoms with Gasteiger partial charge in [0.2, 0.25) is 0 Å². The summed E-state index contributed by atoms with van der Waals surface area (Å²) in [6.07, 6.45) is 1.67. The zero-order chi connectivity index (χ0) is 20.7. The normalized spacial score (nSPS) is 13.8. The second-order valence-corrected chi connectivity index (χ2v) is 8.02. The first-order chi connectivity index (χ1) is 14.6. The van der Waals surface area contributed by atoms with Gasteiger partial charge in [-0.05, 0) is 41.5 Å². The lowest BCUT2D eigenvalue weighted by Gasteiger charge is -2.42. The maximum atomic E-state index is 9.64. The zero-order valence-corrected chi connectivity index (χ0v) is 17.0. The van der Waals surface area contributed by atoms with Crippen molar-refractivity contribution in [3.8, 4) is 17.2 Å². The van der Waals surface area contributed by atoms with Crippen LogP contribution in [0.1, 0.15) is 30.7 Å². The second-order valence-electron chi connectivity index (χ2n) is 8.02. The molecule has 5 rings (SSSR count). The van der Waals surface area contributed by atoms with Crippen LogP contribution in [0.15, 0.2) is 91.1 Å². The predicted octanol–water partition coefficient (Wildman–Crippen LogP) is 6.73. The smallest absolute Gasteiger partial charge is 0.148 e. The Bertz CT molecular complexity index is 1250. The minimum absolute atomic E-state index is 0.106. The summed E-state index contributed by atoms with van der Waals surface area (Å²) < 4.78 is 0. The molecule has 1 aromatic heterocycles. The summed E-state index contributed by atoms with van der Waals surface area (Å²) in [5, 5.41) is 9.64. The van der Waals surface area contributed by atoms with Crippen molar-refractivity contribution >= 4 is 17.1 Å². The van der Waals surface area contributed by atoms with E-state index >= 15 is 0 Å².